The summed E-state index contributed by atoms with van der Waals surface area (Å²) in [6.45, 7) is 9.27. The predicted octanol–water partition coefficient (Wildman–Crippen LogP) is 3.33. The van der Waals surface area contributed by atoms with Crippen molar-refractivity contribution in [2.75, 3.05) is 26.4 Å². The molecule has 0 N–H and O–H groups in total. The van der Waals surface area contributed by atoms with Gasteiger partial charge in [0, 0.05) is 25.9 Å². The Labute approximate surface area is 151 Å². The fourth-order valence-corrected chi connectivity index (χ4v) is 5.13. The number of carbonyl (C=O) groups is 1. The van der Waals surface area contributed by atoms with Gasteiger partial charge in [0.25, 0.3) is 0 Å². The maximum absolute atomic E-state index is 12.2. The maximum Gasteiger partial charge on any atom is 0.501 e. The van der Waals surface area contributed by atoms with Crippen LogP contribution in [0.3, 0.4) is 0 Å². The van der Waals surface area contributed by atoms with Crippen molar-refractivity contribution in [2.45, 2.75) is 40.2 Å². The molecule has 7 heteroatoms. The number of nitriles is 1. The summed E-state index contributed by atoms with van der Waals surface area (Å²) in [5, 5.41) is 9.08. The molecule has 0 amide bonds. The first-order valence-corrected chi connectivity index (χ1v) is 10.6. The standard InChI is InChI=1S/C18H27NO5Si/c1-5-21-18(20)17-13-15(14-19)9-10-16(17)11-12-25(22-6-2,23-7-3)24-8-4/h9-10,13H,5-8,11-12H2,1-4H3. The van der Waals surface area contributed by atoms with E-state index in [-0.39, 0.29) is 6.61 Å². The van der Waals surface area contributed by atoms with Crippen LogP contribution in [0.2, 0.25) is 6.04 Å². The summed E-state index contributed by atoms with van der Waals surface area (Å²) in [6, 6.07) is 7.66. The Morgan fingerprint density at radius 3 is 2.12 bits per heavy atom. The summed E-state index contributed by atoms with van der Waals surface area (Å²) in [5.41, 5.74) is 1.64. The molecule has 0 unspecified atom stereocenters. The van der Waals surface area contributed by atoms with Crippen LogP contribution in [-0.4, -0.2) is 41.2 Å². The SMILES string of the molecule is CCOC(=O)c1cc(C#N)ccc1CC[Si](OCC)(OCC)OCC. The summed E-state index contributed by atoms with van der Waals surface area (Å²) >= 11 is 0. The van der Waals surface area contributed by atoms with Gasteiger partial charge in [0.15, 0.2) is 0 Å². The zero-order valence-corrected chi connectivity index (χ0v) is 16.5. The number of rotatable bonds is 11. The predicted molar refractivity (Wildman–Crippen MR) is 96.3 cm³/mol. The summed E-state index contributed by atoms with van der Waals surface area (Å²) < 4.78 is 22.7. The molecular formula is C18H27NO5Si. The van der Waals surface area contributed by atoms with Crippen molar-refractivity contribution in [2.24, 2.45) is 0 Å². The summed E-state index contributed by atoms with van der Waals surface area (Å²) in [7, 11) is -2.79. The quantitative estimate of drug-likeness (QED) is 0.442. The second kappa shape index (κ2) is 11.0. The Morgan fingerprint density at radius 2 is 1.64 bits per heavy atom. The van der Waals surface area contributed by atoms with E-state index in [4.69, 9.17) is 23.3 Å². The number of aryl methyl sites for hydroxylation is 1. The van der Waals surface area contributed by atoms with Gasteiger partial charge in [-0.05, 0) is 51.8 Å². The Kier molecular flexibility index (Phi) is 9.38. The monoisotopic (exact) mass is 365 g/mol. The largest absolute Gasteiger partial charge is 0.501 e. The lowest BCUT2D eigenvalue weighted by Crippen LogP contribution is -2.46. The van der Waals surface area contributed by atoms with Gasteiger partial charge in [0.2, 0.25) is 0 Å². The normalized spacial score (nSPS) is 11.2. The van der Waals surface area contributed by atoms with Crippen LogP contribution in [0, 0.1) is 11.3 Å². The molecule has 0 radical (unpaired) electrons. The highest BCUT2D eigenvalue weighted by Gasteiger charge is 2.40. The fraction of sp³-hybridized carbons (Fsp3) is 0.556. The third-order valence-electron chi connectivity index (χ3n) is 3.53. The van der Waals surface area contributed by atoms with E-state index in [1.165, 1.54) is 0 Å². The van der Waals surface area contributed by atoms with Crippen LogP contribution in [0.1, 0.15) is 49.2 Å². The van der Waals surface area contributed by atoms with Crippen molar-refractivity contribution in [3.05, 3.63) is 34.9 Å². The molecule has 0 aromatic heterocycles. The highest BCUT2D eigenvalue weighted by atomic mass is 28.4. The molecule has 6 nitrogen and oxygen atoms in total. The van der Waals surface area contributed by atoms with Gasteiger partial charge in [-0.15, -0.1) is 0 Å². The number of hydrogen-bond donors (Lipinski definition) is 0. The van der Waals surface area contributed by atoms with Crippen molar-refractivity contribution in [1.82, 2.24) is 0 Å². The van der Waals surface area contributed by atoms with Crippen molar-refractivity contribution in [3.63, 3.8) is 0 Å². The first-order chi connectivity index (χ1) is 12.1. The Bertz CT molecular complexity index is 583. The van der Waals surface area contributed by atoms with Gasteiger partial charge in [0.05, 0.1) is 23.8 Å². The molecule has 0 aliphatic rings. The molecule has 0 atom stereocenters. The van der Waals surface area contributed by atoms with Gasteiger partial charge in [-0.1, -0.05) is 6.07 Å². The second-order valence-corrected chi connectivity index (χ2v) is 7.92. The molecule has 0 fully saturated rings. The van der Waals surface area contributed by atoms with E-state index in [9.17, 15) is 4.79 Å². The third-order valence-corrected chi connectivity index (χ3v) is 6.58. The van der Waals surface area contributed by atoms with Crippen LogP contribution in [0.4, 0.5) is 0 Å². The molecule has 138 valence electrons. The van der Waals surface area contributed by atoms with Gasteiger partial charge < -0.3 is 18.0 Å². The number of carbonyl (C=O) groups excluding carboxylic acids is 1. The zero-order chi connectivity index (χ0) is 18.7. The van der Waals surface area contributed by atoms with Crippen LogP contribution in [0.5, 0.6) is 0 Å². The molecule has 0 aliphatic carbocycles. The Morgan fingerprint density at radius 1 is 1.04 bits per heavy atom. The summed E-state index contributed by atoms with van der Waals surface area (Å²) in [4.78, 5) is 12.2. The minimum Gasteiger partial charge on any atom is -0.462 e. The van der Waals surface area contributed by atoms with E-state index in [2.05, 4.69) is 6.07 Å². The molecule has 0 spiro atoms. The molecule has 1 rings (SSSR count). The van der Waals surface area contributed by atoms with Crippen LogP contribution in [0.25, 0.3) is 0 Å². The van der Waals surface area contributed by atoms with Gasteiger partial charge >= 0.3 is 14.8 Å². The first kappa shape index (κ1) is 21.3. The fourth-order valence-electron chi connectivity index (χ4n) is 2.55. The smallest absolute Gasteiger partial charge is 0.462 e. The van der Waals surface area contributed by atoms with Gasteiger partial charge in [-0.25, -0.2) is 4.79 Å². The molecule has 0 bridgehead atoms. The lowest BCUT2D eigenvalue weighted by atomic mass is 10.0. The topological polar surface area (TPSA) is 77.8 Å². The Balaban J connectivity index is 3.06. The van der Waals surface area contributed by atoms with E-state index in [0.29, 0.717) is 43.4 Å². The average molecular weight is 366 g/mol. The average Bonchev–Trinajstić information content (AvgIpc) is 2.60. The third kappa shape index (κ3) is 6.25. The van der Waals surface area contributed by atoms with Crippen LogP contribution in [0.15, 0.2) is 18.2 Å². The van der Waals surface area contributed by atoms with E-state index >= 15 is 0 Å². The first-order valence-electron chi connectivity index (χ1n) is 8.67. The number of ether oxygens (including phenoxy) is 1. The maximum atomic E-state index is 12.2. The van der Waals surface area contributed by atoms with Crippen LogP contribution in [-0.2, 0) is 24.4 Å². The van der Waals surface area contributed by atoms with Crippen molar-refractivity contribution < 1.29 is 22.8 Å². The number of nitrogens with zero attached hydrogens (tertiary/aromatic N) is 1. The molecular weight excluding hydrogens is 338 g/mol. The van der Waals surface area contributed by atoms with E-state index in [1.54, 1.807) is 25.1 Å². The van der Waals surface area contributed by atoms with E-state index in [1.807, 2.05) is 20.8 Å². The lowest BCUT2D eigenvalue weighted by molar-refractivity contribution is 0.0523. The number of benzene rings is 1. The zero-order valence-electron chi connectivity index (χ0n) is 15.5. The van der Waals surface area contributed by atoms with Crippen molar-refractivity contribution in [3.8, 4) is 6.07 Å². The minimum atomic E-state index is -2.79. The van der Waals surface area contributed by atoms with E-state index < -0.39 is 14.8 Å². The summed E-state index contributed by atoms with van der Waals surface area (Å²) in [5.74, 6) is -0.425. The van der Waals surface area contributed by atoms with Crippen molar-refractivity contribution >= 4 is 14.8 Å². The van der Waals surface area contributed by atoms with Crippen LogP contribution < -0.4 is 0 Å². The van der Waals surface area contributed by atoms with Crippen LogP contribution >= 0.6 is 0 Å². The lowest BCUT2D eigenvalue weighted by Gasteiger charge is -2.28. The van der Waals surface area contributed by atoms with Crippen molar-refractivity contribution in [1.29, 1.82) is 5.26 Å². The van der Waals surface area contributed by atoms with Gasteiger partial charge in [0.1, 0.15) is 0 Å². The molecule has 0 aliphatic heterocycles. The highest BCUT2D eigenvalue weighted by molar-refractivity contribution is 6.60. The minimum absolute atomic E-state index is 0.282. The second-order valence-electron chi connectivity index (χ2n) is 5.19. The summed E-state index contributed by atoms with van der Waals surface area (Å²) in [6.07, 6.45) is 0.548. The Hall–Kier alpha value is -1.72. The highest BCUT2D eigenvalue weighted by Crippen LogP contribution is 2.22. The number of hydrogen-bond acceptors (Lipinski definition) is 6. The van der Waals surface area contributed by atoms with Gasteiger partial charge in [-0.3, -0.25) is 0 Å². The molecule has 1 aromatic rings. The van der Waals surface area contributed by atoms with Gasteiger partial charge in [-0.2, -0.15) is 5.26 Å². The van der Waals surface area contributed by atoms with E-state index in [0.717, 1.165) is 5.56 Å². The molecule has 0 saturated carbocycles. The molecule has 0 saturated heterocycles. The molecule has 0 heterocycles. The molecule has 1 aromatic carbocycles. The molecule has 25 heavy (non-hydrogen) atoms. The number of esters is 1.